The maximum atomic E-state index is 9.26. The standard InChI is InChI=1S/C9H19NO2/c1-9(7-11)6-10(2)5-4-8(9)12-3/h8,11H,4-7H2,1-3H3/t8?,9-/m1/s1. The highest BCUT2D eigenvalue weighted by Gasteiger charge is 2.38. The van der Waals surface area contributed by atoms with Crippen LogP contribution in [0.25, 0.3) is 0 Å². The first-order valence-electron chi connectivity index (χ1n) is 4.44. The summed E-state index contributed by atoms with van der Waals surface area (Å²) >= 11 is 0. The van der Waals surface area contributed by atoms with Gasteiger partial charge in [0.05, 0.1) is 12.7 Å². The fourth-order valence-corrected chi connectivity index (χ4v) is 2.04. The minimum atomic E-state index is -0.0816. The van der Waals surface area contributed by atoms with E-state index >= 15 is 0 Å². The van der Waals surface area contributed by atoms with E-state index in [4.69, 9.17) is 4.74 Å². The molecule has 0 radical (unpaired) electrons. The van der Waals surface area contributed by atoms with Crippen molar-refractivity contribution in [3.63, 3.8) is 0 Å². The fraction of sp³-hybridized carbons (Fsp3) is 1.00. The Kier molecular flexibility index (Phi) is 3.09. The molecule has 1 unspecified atom stereocenters. The Morgan fingerprint density at radius 3 is 2.83 bits per heavy atom. The van der Waals surface area contributed by atoms with Crippen molar-refractivity contribution in [3.8, 4) is 0 Å². The lowest BCUT2D eigenvalue weighted by atomic mass is 9.80. The maximum Gasteiger partial charge on any atom is 0.0671 e. The summed E-state index contributed by atoms with van der Waals surface area (Å²) in [7, 11) is 3.81. The summed E-state index contributed by atoms with van der Waals surface area (Å²) in [6.45, 7) is 4.27. The molecular weight excluding hydrogens is 154 g/mol. The lowest BCUT2D eigenvalue weighted by molar-refractivity contribution is -0.0790. The van der Waals surface area contributed by atoms with Crippen LogP contribution in [-0.4, -0.2) is 50.0 Å². The van der Waals surface area contributed by atoms with Crippen molar-refractivity contribution in [1.82, 2.24) is 4.90 Å². The Balaban J connectivity index is 2.63. The molecule has 3 heteroatoms. The lowest BCUT2D eigenvalue weighted by Crippen LogP contribution is -2.51. The normalized spacial score (nSPS) is 38.5. The zero-order chi connectivity index (χ0) is 9.19. The Hall–Kier alpha value is -0.120. The SMILES string of the molecule is COC1CCN(C)C[C@]1(C)CO. The number of hydrogen-bond donors (Lipinski definition) is 1. The van der Waals surface area contributed by atoms with Crippen LogP contribution in [0.1, 0.15) is 13.3 Å². The zero-order valence-electron chi connectivity index (χ0n) is 8.21. The van der Waals surface area contributed by atoms with Gasteiger partial charge in [0.15, 0.2) is 0 Å². The van der Waals surface area contributed by atoms with Crippen LogP contribution >= 0.6 is 0 Å². The van der Waals surface area contributed by atoms with E-state index in [1.165, 1.54) is 0 Å². The highest BCUT2D eigenvalue weighted by molar-refractivity contribution is 4.89. The van der Waals surface area contributed by atoms with E-state index in [1.807, 2.05) is 0 Å². The first-order valence-corrected chi connectivity index (χ1v) is 4.44. The monoisotopic (exact) mass is 173 g/mol. The van der Waals surface area contributed by atoms with Gasteiger partial charge in [0, 0.05) is 25.6 Å². The molecule has 0 amide bonds. The molecule has 0 aromatic heterocycles. The number of hydrogen-bond acceptors (Lipinski definition) is 3. The largest absolute Gasteiger partial charge is 0.396 e. The molecule has 1 N–H and O–H groups in total. The van der Waals surface area contributed by atoms with Crippen LogP contribution in [0.5, 0.6) is 0 Å². The molecule has 3 nitrogen and oxygen atoms in total. The summed E-state index contributed by atoms with van der Waals surface area (Å²) in [4.78, 5) is 2.24. The van der Waals surface area contributed by atoms with Gasteiger partial charge in [-0.3, -0.25) is 0 Å². The van der Waals surface area contributed by atoms with Crippen LogP contribution in [0.3, 0.4) is 0 Å². The molecule has 0 aliphatic carbocycles. The molecular formula is C9H19NO2. The van der Waals surface area contributed by atoms with Crippen molar-refractivity contribution >= 4 is 0 Å². The molecule has 0 aromatic carbocycles. The van der Waals surface area contributed by atoms with Gasteiger partial charge in [-0.25, -0.2) is 0 Å². The second-order valence-electron chi connectivity index (χ2n) is 4.06. The smallest absolute Gasteiger partial charge is 0.0671 e. The van der Waals surface area contributed by atoms with Gasteiger partial charge in [0.2, 0.25) is 0 Å². The number of ether oxygens (including phenoxy) is 1. The van der Waals surface area contributed by atoms with Crippen LogP contribution in [0.4, 0.5) is 0 Å². The first-order chi connectivity index (χ1) is 5.62. The molecule has 1 heterocycles. The Labute approximate surface area is 74.3 Å². The predicted molar refractivity (Wildman–Crippen MR) is 48.1 cm³/mol. The number of piperidine rings is 1. The quantitative estimate of drug-likeness (QED) is 0.653. The summed E-state index contributed by atoms with van der Waals surface area (Å²) in [6.07, 6.45) is 1.23. The van der Waals surface area contributed by atoms with Gasteiger partial charge in [-0.2, -0.15) is 0 Å². The molecule has 1 aliphatic rings. The number of nitrogens with zero attached hydrogens (tertiary/aromatic N) is 1. The third-order valence-electron chi connectivity index (χ3n) is 2.83. The number of likely N-dealkylation sites (tertiary alicyclic amines) is 1. The molecule has 1 fully saturated rings. The predicted octanol–water partition coefficient (Wildman–Crippen LogP) is 0.336. The van der Waals surface area contributed by atoms with Crippen LogP contribution in [0.2, 0.25) is 0 Å². The van der Waals surface area contributed by atoms with E-state index in [2.05, 4.69) is 18.9 Å². The van der Waals surface area contributed by atoms with E-state index in [-0.39, 0.29) is 18.1 Å². The van der Waals surface area contributed by atoms with Crippen molar-refractivity contribution in [2.45, 2.75) is 19.4 Å². The average Bonchev–Trinajstić information content (AvgIpc) is 2.05. The second kappa shape index (κ2) is 3.73. The molecule has 0 aromatic rings. The van der Waals surface area contributed by atoms with Gasteiger partial charge < -0.3 is 14.7 Å². The molecule has 1 aliphatic heterocycles. The molecule has 72 valence electrons. The van der Waals surface area contributed by atoms with Gasteiger partial charge >= 0.3 is 0 Å². The molecule has 0 bridgehead atoms. The van der Waals surface area contributed by atoms with Crippen LogP contribution in [-0.2, 0) is 4.74 Å². The molecule has 1 saturated heterocycles. The number of aliphatic hydroxyl groups is 1. The van der Waals surface area contributed by atoms with Gasteiger partial charge in [-0.15, -0.1) is 0 Å². The minimum absolute atomic E-state index is 0.0816. The molecule has 0 saturated carbocycles. The van der Waals surface area contributed by atoms with Crippen molar-refractivity contribution < 1.29 is 9.84 Å². The lowest BCUT2D eigenvalue weighted by Gasteiger charge is -2.43. The van der Waals surface area contributed by atoms with E-state index in [0.29, 0.717) is 0 Å². The van der Waals surface area contributed by atoms with Crippen LogP contribution < -0.4 is 0 Å². The minimum Gasteiger partial charge on any atom is -0.396 e. The topological polar surface area (TPSA) is 32.7 Å². The van der Waals surface area contributed by atoms with Gasteiger partial charge in [-0.1, -0.05) is 6.92 Å². The Morgan fingerprint density at radius 2 is 2.33 bits per heavy atom. The zero-order valence-corrected chi connectivity index (χ0v) is 8.21. The second-order valence-corrected chi connectivity index (χ2v) is 4.06. The summed E-state index contributed by atoms with van der Waals surface area (Å²) < 4.78 is 5.36. The first kappa shape index (κ1) is 9.96. The molecule has 2 atom stereocenters. The Morgan fingerprint density at radius 1 is 1.67 bits per heavy atom. The third-order valence-corrected chi connectivity index (χ3v) is 2.83. The summed E-state index contributed by atoms with van der Waals surface area (Å²) in [5.74, 6) is 0. The number of aliphatic hydroxyl groups excluding tert-OH is 1. The van der Waals surface area contributed by atoms with Gasteiger partial charge in [-0.05, 0) is 13.5 Å². The molecule has 1 rings (SSSR count). The number of rotatable bonds is 2. The third kappa shape index (κ3) is 1.79. The van der Waals surface area contributed by atoms with E-state index in [1.54, 1.807) is 7.11 Å². The average molecular weight is 173 g/mol. The highest BCUT2D eigenvalue weighted by Crippen LogP contribution is 2.30. The van der Waals surface area contributed by atoms with Crippen LogP contribution in [0.15, 0.2) is 0 Å². The van der Waals surface area contributed by atoms with E-state index < -0.39 is 0 Å². The summed E-state index contributed by atoms with van der Waals surface area (Å²) in [6, 6.07) is 0. The Bertz CT molecular complexity index is 151. The molecule has 12 heavy (non-hydrogen) atoms. The van der Waals surface area contributed by atoms with Crippen molar-refractivity contribution in [1.29, 1.82) is 0 Å². The maximum absolute atomic E-state index is 9.26. The van der Waals surface area contributed by atoms with E-state index in [0.717, 1.165) is 19.5 Å². The highest BCUT2D eigenvalue weighted by atomic mass is 16.5. The number of methoxy groups -OCH3 is 1. The summed E-state index contributed by atoms with van der Waals surface area (Å²) in [5, 5.41) is 9.26. The molecule has 0 spiro atoms. The van der Waals surface area contributed by atoms with Crippen molar-refractivity contribution in [2.75, 3.05) is 33.9 Å². The van der Waals surface area contributed by atoms with Gasteiger partial charge in [0.25, 0.3) is 0 Å². The van der Waals surface area contributed by atoms with E-state index in [9.17, 15) is 5.11 Å². The fourth-order valence-electron chi connectivity index (χ4n) is 2.04. The van der Waals surface area contributed by atoms with Gasteiger partial charge in [0.1, 0.15) is 0 Å². The van der Waals surface area contributed by atoms with Crippen LogP contribution in [0, 0.1) is 5.41 Å². The van der Waals surface area contributed by atoms with Crippen molar-refractivity contribution in [2.24, 2.45) is 5.41 Å². The summed E-state index contributed by atoms with van der Waals surface area (Å²) in [5.41, 5.74) is -0.0816. The van der Waals surface area contributed by atoms with Crippen molar-refractivity contribution in [3.05, 3.63) is 0 Å².